The lowest BCUT2D eigenvalue weighted by atomic mass is 10.1. The van der Waals surface area contributed by atoms with Gasteiger partial charge in [0.2, 0.25) is 5.91 Å². The van der Waals surface area contributed by atoms with E-state index in [4.69, 9.17) is 4.74 Å². The van der Waals surface area contributed by atoms with Crippen LogP contribution in [0.25, 0.3) is 0 Å². The number of methoxy groups -OCH3 is 1. The van der Waals surface area contributed by atoms with Gasteiger partial charge in [-0.2, -0.15) is 0 Å². The Kier molecular flexibility index (Phi) is 6.13. The van der Waals surface area contributed by atoms with E-state index in [1.807, 2.05) is 19.1 Å². The van der Waals surface area contributed by atoms with E-state index in [0.29, 0.717) is 24.1 Å². The molecule has 0 unspecified atom stereocenters. The van der Waals surface area contributed by atoms with Crippen molar-refractivity contribution in [1.82, 2.24) is 0 Å². The molecule has 2 rings (SSSR count). The minimum atomic E-state index is -0.504. The van der Waals surface area contributed by atoms with Crippen LogP contribution in [0.1, 0.15) is 30.9 Å². The van der Waals surface area contributed by atoms with E-state index in [1.165, 1.54) is 18.2 Å². The maximum atomic E-state index is 11.8. The van der Waals surface area contributed by atoms with Crippen molar-refractivity contribution in [1.29, 1.82) is 0 Å². The summed E-state index contributed by atoms with van der Waals surface area (Å²) in [6.07, 6.45) is 1.03. The Balaban J connectivity index is 2.33. The van der Waals surface area contributed by atoms with Gasteiger partial charge in [0.25, 0.3) is 5.69 Å². The number of nitrogens with one attached hydrogen (secondary N) is 1. The first-order chi connectivity index (χ1) is 12.0. The van der Waals surface area contributed by atoms with E-state index >= 15 is 0 Å². The standard InChI is InChI=1S/C19H18N2O4/c1-3-4-19(22)20-18-13-16(21(23)24)10-9-15(18)8-5-14-6-11-17(25-2)12-7-14/h6-7,9-13H,3-4H2,1-2H3,(H,20,22). The monoisotopic (exact) mass is 338 g/mol. The second-order valence-electron chi connectivity index (χ2n) is 5.26. The van der Waals surface area contributed by atoms with Crippen LogP contribution in [0.15, 0.2) is 42.5 Å². The molecule has 6 heteroatoms. The molecule has 0 aliphatic rings. The number of nitro benzene ring substituents is 1. The normalized spacial score (nSPS) is 9.68. The van der Waals surface area contributed by atoms with Crippen LogP contribution in [-0.2, 0) is 4.79 Å². The second kappa shape index (κ2) is 8.50. The Bertz CT molecular complexity index is 833. The molecule has 0 heterocycles. The maximum Gasteiger partial charge on any atom is 0.271 e. The molecule has 0 spiro atoms. The zero-order valence-corrected chi connectivity index (χ0v) is 14.0. The molecule has 0 aliphatic carbocycles. The summed E-state index contributed by atoms with van der Waals surface area (Å²) in [7, 11) is 1.59. The van der Waals surface area contributed by atoms with Gasteiger partial charge in [-0.25, -0.2) is 0 Å². The zero-order valence-electron chi connectivity index (χ0n) is 14.0. The molecule has 2 aromatic rings. The van der Waals surface area contributed by atoms with Crippen LogP contribution in [-0.4, -0.2) is 17.9 Å². The average molecular weight is 338 g/mol. The number of benzene rings is 2. The van der Waals surface area contributed by atoms with Crippen LogP contribution in [0, 0.1) is 22.0 Å². The van der Waals surface area contributed by atoms with Crippen molar-refractivity contribution in [2.75, 3.05) is 12.4 Å². The van der Waals surface area contributed by atoms with Crippen LogP contribution < -0.4 is 10.1 Å². The van der Waals surface area contributed by atoms with Gasteiger partial charge in [-0.15, -0.1) is 0 Å². The molecule has 0 saturated heterocycles. The fourth-order valence-corrected chi connectivity index (χ4v) is 2.11. The van der Waals surface area contributed by atoms with Gasteiger partial charge < -0.3 is 10.1 Å². The molecule has 1 N–H and O–H groups in total. The van der Waals surface area contributed by atoms with E-state index in [9.17, 15) is 14.9 Å². The quantitative estimate of drug-likeness (QED) is 0.511. The van der Waals surface area contributed by atoms with Crippen molar-refractivity contribution >= 4 is 17.3 Å². The van der Waals surface area contributed by atoms with Crippen molar-refractivity contribution in [3.63, 3.8) is 0 Å². The molecule has 0 aliphatic heterocycles. The number of amides is 1. The number of carbonyl (C=O) groups is 1. The van der Waals surface area contributed by atoms with Crippen molar-refractivity contribution < 1.29 is 14.5 Å². The van der Waals surface area contributed by atoms with Gasteiger partial charge in [0.05, 0.1) is 17.7 Å². The van der Waals surface area contributed by atoms with Crippen molar-refractivity contribution in [2.45, 2.75) is 19.8 Å². The van der Waals surface area contributed by atoms with E-state index in [-0.39, 0.29) is 11.6 Å². The Hall–Kier alpha value is -3.33. The van der Waals surface area contributed by atoms with Gasteiger partial charge in [0.15, 0.2) is 0 Å². The largest absolute Gasteiger partial charge is 0.497 e. The summed E-state index contributed by atoms with van der Waals surface area (Å²) in [4.78, 5) is 22.3. The first kappa shape index (κ1) is 18.0. The summed E-state index contributed by atoms with van der Waals surface area (Å²) >= 11 is 0. The molecule has 1 amide bonds. The summed E-state index contributed by atoms with van der Waals surface area (Å²) < 4.78 is 5.09. The second-order valence-corrected chi connectivity index (χ2v) is 5.26. The average Bonchev–Trinajstić information content (AvgIpc) is 2.61. The molecule has 6 nitrogen and oxygen atoms in total. The summed E-state index contributed by atoms with van der Waals surface area (Å²) in [6, 6.07) is 11.4. The number of ether oxygens (including phenoxy) is 1. The van der Waals surface area contributed by atoms with Crippen molar-refractivity contribution in [3.05, 3.63) is 63.7 Å². The van der Waals surface area contributed by atoms with Crippen LogP contribution in [0.2, 0.25) is 0 Å². The Labute approximate surface area is 146 Å². The number of hydrogen-bond acceptors (Lipinski definition) is 4. The highest BCUT2D eigenvalue weighted by Gasteiger charge is 2.12. The van der Waals surface area contributed by atoms with Gasteiger partial charge in [-0.05, 0) is 36.8 Å². The van der Waals surface area contributed by atoms with Gasteiger partial charge in [-0.3, -0.25) is 14.9 Å². The highest BCUT2D eigenvalue weighted by molar-refractivity contribution is 5.92. The molecular formula is C19H18N2O4. The van der Waals surface area contributed by atoms with E-state index in [1.54, 1.807) is 19.2 Å². The summed E-state index contributed by atoms with van der Waals surface area (Å²) in [5, 5.41) is 13.7. The van der Waals surface area contributed by atoms with Gasteiger partial charge in [-0.1, -0.05) is 18.8 Å². The molecule has 0 atom stereocenters. The minimum absolute atomic E-state index is 0.0956. The number of nitro groups is 1. The Morgan fingerprint density at radius 3 is 2.52 bits per heavy atom. The Morgan fingerprint density at radius 2 is 1.92 bits per heavy atom. The van der Waals surface area contributed by atoms with E-state index < -0.39 is 4.92 Å². The number of anilines is 1. The van der Waals surface area contributed by atoms with E-state index in [0.717, 1.165) is 11.3 Å². The molecule has 128 valence electrons. The number of rotatable bonds is 5. The summed E-state index contributed by atoms with van der Waals surface area (Å²) in [5.74, 6) is 6.46. The number of nitrogens with zero attached hydrogens (tertiary/aromatic N) is 1. The molecule has 0 aromatic heterocycles. The Morgan fingerprint density at radius 1 is 1.20 bits per heavy atom. The molecule has 0 bridgehead atoms. The van der Waals surface area contributed by atoms with Crippen LogP contribution >= 0.6 is 0 Å². The van der Waals surface area contributed by atoms with Gasteiger partial charge in [0, 0.05) is 29.7 Å². The summed E-state index contributed by atoms with van der Waals surface area (Å²) in [5.41, 5.74) is 1.53. The third-order valence-corrected chi connectivity index (χ3v) is 3.40. The predicted molar refractivity (Wildman–Crippen MR) is 95.6 cm³/mol. The van der Waals surface area contributed by atoms with E-state index in [2.05, 4.69) is 17.2 Å². The molecule has 0 radical (unpaired) electrons. The van der Waals surface area contributed by atoms with Crippen molar-refractivity contribution in [2.24, 2.45) is 0 Å². The first-order valence-corrected chi connectivity index (χ1v) is 7.78. The SMILES string of the molecule is CCCC(=O)Nc1cc([N+](=O)[O-])ccc1C#Cc1ccc(OC)cc1. The highest BCUT2D eigenvalue weighted by atomic mass is 16.6. The molecule has 2 aromatic carbocycles. The van der Waals surface area contributed by atoms with Crippen LogP contribution in [0.3, 0.4) is 0 Å². The zero-order chi connectivity index (χ0) is 18.2. The molecule has 0 saturated carbocycles. The first-order valence-electron chi connectivity index (χ1n) is 7.78. The van der Waals surface area contributed by atoms with Crippen LogP contribution in [0.5, 0.6) is 5.75 Å². The fourth-order valence-electron chi connectivity index (χ4n) is 2.11. The lowest BCUT2D eigenvalue weighted by Crippen LogP contribution is -2.12. The highest BCUT2D eigenvalue weighted by Crippen LogP contribution is 2.22. The van der Waals surface area contributed by atoms with Crippen LogP contribution in [0.4, 0.5) is 11.4 Å². The number of carbonyl (C=O) groups excluding carboxylic acids is 1. The summed E-state index contributed by atoms with van der Waals surface area (Å²) in [6.45, 7) is 1.89. The number of non-ortho nitro benzene ring substituents is 1. The lowest BCUT2D eigenvalue weighted by molar-refractivity contribution is -0.384. The lowest BCUT2D eigenvalue weighted by Gasteiger charge is -2.07. The van der Waals surface area contributed by atoms with Crippen molar-refractivity contribution in [3.8, 4) is 17.6 Å². The molecular weight excluding hydrogens is 320 g/mol. The topological polar surface area (TPSA) is 81.5 Å². The molecule has 25 heavy (non-hydrogen) atoms. The smallest absolute Gasteiger partial charge is 0.271 e. The maximum absolute atomic E-state index is 11.8. The molecule has 0 fully saturated rings. The van der Waals surface area contributed by atoms with Gasteiger partial charge in [0.1, 0.15) is 5.75 Å². The third kappa shape index (κ3) is 5.08. The van der Waals surface area contributed by atoms with Gasteiger partial charge >= 0.3 is 0 Å². The number of hydrogen-bond donors (Lipinski definition) is 1. The third-order valence-electron chi connectivity index (χ3n) is 3.40. The fraction of sp³-hybridized carbons (Fsp3) is 0.211. The predicted octanol–water partition coefficient (Wildman–Crippen LogP) is 3.74. The minimum Gasteiger partial charge on any atom is -0.497 e.